The van der Waals surface area contributed by atoms with Gasteiger partial charge in [-0.2, -0.15) is 26.3 Å². The molecular formula is C20H8F6O5. The molecule has 0 unspecified atom stereocenters. The molecule has 0 atom stereocenters. The van der Waals surface area contributed by atoms with Crippen molar-refractivity contribution < 1.29 is 50.2 Å². The first-order valence-electron chi connectivity index (χ1n) is 8.39. The number of benzene rings is 2. The first kappa shape index (κ1) is 20.6. The van der Waals surface area contributed by atoms with Gasteiger partial charge >= 0.3 is 30.3 Å². The maximum absolute atomic E-state index is 14.3. The number of hydrogen-bond donors (Lipinski definition) is 0. The Morgan fingerprint density at radius 2 is 1.03 bits per heavy atom. The Labute approximate surface area is 168 Å². The average Bonchev–Trinajstić information content (AvgIpc) is 3.09. The van der Waals surface area contributed by atoms with Crippen LogP contribution in [0, 0.1) is 0 Å². The van der Waals surface area contributed by atoms with E-state index in [0.29, 0.717) is 30.3 Å². The lowest BCUT2D eigenvalue weighted by atomic mass is 9.71. The first-order valence-corrected chi connectivity index (χ1v) is 8.39. The fourth-order valence-electron chi connectivity index (χ4n) is 3.71. The first-order chi connectivity index (χ1) is 14.3. The summed E-state index contributed by atoms with van der Waals surface area (Å²) >= 11 is 0. The van der Waals surface area contributed by atoms with Crippen LogP contribution < -0.4 is 0 Å². The van der Waals surface area contributed by atoms with Crippen LogP contribution in [0.2, 0.25) is 0 Å². The summed E-state index contributed by atoms with van der Waals surface area (Å²) in [5.41, 5.74) is -8.96. The Bertz CT molecular complexity index is 1100. The summed E-state index contributed by atoms with van der Waals surface area (Å²) in [7, 11) is 0. The van der Waals surface area contributed by atoms with Crippen molar-refractivity contribution in [3.8, 4) is 0 Å². The van der Waals surface area contributed by atoms with E-state index >= 15 is 0 Å². The fraction of sp³-hybridized carbons (Fsp3) is 0.150. The van der Waals surface area contributed by atoms with Gasteiger partial charge in [-0.3, -0.25) is 0 Å². The number of halogens is 6. The van der Waals surface area contributed by atoms with Crippen LogP contribution in [0.1, 0.15) is 47.8 Å². The van der Waals surface area contributed by atoms with Crippen LogP contribution in [0.15, 0.2) is 43.0 Å². The van der Waals surface area contributed by atoms with Gasteiger partial charge in [0.25, 0.3) is 0 Å². The number of hydrogen-bond acceptors (Lipinski definition) is 5. The zero-order chi connectivity index (χ0) is 22.9. The van der Waals surface area contributed by atoms with Gasteiger partial charge in [-0.15, -0.1) is 0 Å². The molecule has 0 aromatic heterocycles. The number of ether oxygens (including phenoxy) is 2. The van der Waals surface area contributed by atoms with Crippen molar-refractivity contribution in [1.29, 1.82) is 0 Å². The molecule has 0 N–H and O–H groups in total. The third-order valence-corrected chi connectivity index (χ3v) is 5.12. The lowest BCUT2D eigenvalue weighted by molar-refractivity contribution is -0.288. The van der Waals surface area contributed by atoms with Crippen LogP contribution in [0.25, 0.3) is 5.76 Å². The second kappa shape index (κ2) is 6.19. The maximum Gasteiger partial charge on any atom is 0.411 e. The molecule has 2 aromatic rings. The van der Waals surface area contributed by atoms with Crippen LogP contribution in [-0.2, 0) is 14.9 Å². The number of fused-ring (bicyclic) bond motifs is 2. The van der Waals surface area contributed by atoms with Crippen LogP contribution in [-0.4, -0.2) is 30.3 Å². The van der Waals surface area contributed by atoms with Gasteiger partial charge in [0.15, 0.2) is 0 Å². The van der Waals surface area contributed by atoms with Gasteiger partial charge in [0.1, 0.15) is 5.76 Å². The number of carbonyl (C=O) groups excluding carboxylic acids is 3. The molecule has 2 heterocycles. The molecule has 11 heteroatoms. The Balaban J connectivity index is 2.06. The maximum atomic E-state index is 14.3. The summed E-state index contributed by atoms with van der Waals surface area (Å²) in [5, 5.41) is 0. The topological polar surface area (TPSA) is 69.7 Å². The van der Waals surface area contributed by atoms with Crippen LogP contribution >= 0.6 is 0 Å². The quantitative estimate of drug-likeness (QED) is 0.388. The van der Waals surface area contributed by atoms with E-state index in [4.69, 9.17) is 0 Å². The molecule has 0 fully saturated rings. The highest BCUT2D eigenvalue weighted by Crippen LogP contribution is 2.57. The van der Waals surface area contributed by atoms with Crippen molar-refractivity contribution in [3.05, 3.63) is 76.4 Å². The molecular weight excluding hydrogens is 434 g/mol. The second-order valence-corrected chi connectivity index (χ2v) is 6.76. The molecule has 0 saturated carbocycles. The largest absolute Gasteiger partial charge is 0.423 e. The zero-order valence-corrected chi connectivity index (χ0v) is 15.0. The second-order valence-electron chi connectivity index (χ2n) is 6.76. The molecule has 0 spiro atoms. The van der Waals surface area contributed by atoms with Crippen molar-refractivity contribution in [2.75, 3.05) is 0 Å². The number of esters is 3. The Morgan fingerprint density at radius 3 is 1.55 bits per heavy atom. The van der Waals surface area contributed by atoms with Crippen LogP contribution in [0.5, 0.6) is 0 Å². The number of alkyl halides is 6. The van der Waals surface area contributed by atoms with Gasteiger partial charge in [0, 0.05) is 5.56 Å². The molecule has 0 bridgehead atoms. The molecule has 2 aromatic carbocycles. The summed E-state index contributed by atoms with van der Waals surface area (Å²) in [6, 6.07) is 3.29. The highest BCUT2D eigenvalue weighted by atomic mass is 19.4. The molecule has 2 aliphatic rings. The predicted molar refractivity (Wildman–Crippen MR) is 90.0 cm³/mol. The molecule has 160 valence electrons. The van der Waals surface area contributed by atoms with Crippen molar-refractivity contribution in [2.24, 2.45) is 0 Å². The van der Waals surface area contributed by atoms with E-state index in [1.807, 2.05) is 0 Å². The average molecular weight is 442 g/mol. The minimum Gasteiger partial charge on any atom is -0.423 e. The summed E-state index contributed by atoms with van der Waals surface area (Å²) in [6.45, 7) is 3.33. The lowest BCUT2D eigenvalue weighted by Crippen LogP contribution is -2.54. The van der Waals surface area contributed by atoms with Crippen molar-refractivity contribution >= 4 is 23.7 Å². The van der Waals surface area contributed by atoms with E-state index < -0.39 is 63.7 Å². The zero-order valence-electron chi connectivity index (χ0n) is 15.0. The van der Waals surface area contributed by atoms with Gasteiger partial charge in [0.05, 0.1) is 16.7 Å². The van der Waals surface area contributed by atoms with E-state index in [1.165, 1.54) is 0 Å². The summed E-state index contributed by atoms with van der Waals surface area (Å²) in [6.07, 6.45) is -11.9. The summed E-state index contributed by atoms with van der Waals surface area (Å²) < 4.78 is 94.5. The van der Waals surface area contributed by atoms with Gasteiger partial charge in [-0.1, -0.05) is 18.7 Å². The van der Waals surface area contributed by atoms with E-state index in [2.05, 4.69) is 16.1 Å². The number of rotatable bonds is 2. The van der Waals surface area contributed by atoms with Gasteiger partial charge in [-0.05, 0) is 35.4 Å². The third kappa shape index (κ3) is 2.69. The standard InChI is InChI=1S/C20H8F6O5/c1-8-13-6-9(2-4-11(13)15(27)30-8)18(19(21,22)23,20(24,25)26)10-3-5-12-14(7-10)17(29)31-16(12)28/h2-7H,1H2. The molecule has 0 radical (unpaired) electrons. The smallest absolute Gasteiger partial charge is 0.411 e. The van der Waals surface area contributed by atoms with E-state index in [-0.39, 0.29) is 11.1 Å². The number of cyclic esters (lactones) is 3. The van der Waals surface area contributed by atoms with Gasteiger partial charge in [0.2, 0.25) is 5.41 Å². The minimum absolute atomic E-state index is 0.241. The van der Waals surface area contributed by atoms with Crippen LogP contribution in [0.3, 0.4) is 0 Å². The molecule has 2 aliphatic heterocycles. The Kier molecular flexibility index (Phi) is 4.12. The lowest BCUT2D eigenvalue weighted by Gasteiger charge is -2.38. The van der Waals surface area contributed by atoms with Crippen molar-refractivity contribution in [3.63, 3.8) is 0 Å². The third-order valence-electron chi connectivity index (χ3n) is 5.12. The van der Waals surface area contributed by atoms with Gasteiger partial charge < -0.3 is 9.47 Å². The molecule has 0 aliphatic carbocycles. The van der Waals surface area contributed by atoms with Crippen molar-refractivity contribution in [2.45, 2.75) is 17.8 Å². The number of carbonyl (C=O) groups is 3. The molecule has 4 rings (SSSR count). The SMILES string of the molecule is C=C1OC(=O)c2ccc(C(c3ccc4c(c3)C(=O)OC4=O)(C(F)(F)F)C(F)(F)F)cc21. The highest BCUT2D eigenvalue weighted by Gasteiger charge is 2.72. The van der Waals surface area contributed by atoms with E-state index in [0.717, 1.165) is 6.07 Å². The Hall–Kier alpha value is -3.63. The molecule has 0 amide bonds. The predicted octanol–water partition coefficient (Wildman–Crippen LogP) is 4.55. The van der Waals surface area contributed by atoms with Crippen LogP contribution in [0.4, 0.5) is 26.3 Å². The molecule has 0 saturated heterocycles. The molecule has 5 nitrogen and oxygen atoms in total. The summed E-state index contributed by atoms with van der Waals surface area (Å²) in [4.78, 5) is 35.0. The fourth-order valence-corrected chi connectivity index (χ4v) is 3.71. The normalized spacial score (nSPS) is 16.2. The van der Waals surface area contributed by atoms with E-state index in [1.54, 1.807) is 0 Å². The highest BCUT2D eigenvalue weighted by molar-refractivity contribution is 6.14. The summed E-state index contributed by atoms with van der Waals surface area (Å²) in [5.74, 6) is -3.90. The van der Waals surface area contributed by atoms with Crippen molar-refractivity contribution in [1.82, 2.24) is 0 Å². The Morgan fingerprint density at radius 1 is 0.613 bits per heavy atom. The minimum atomic E-state index is -5.94. The monoisotopic (exact) mass is 442 g/mol. The van der Waals surface area contributed by atoms with E-state index in [9.17, 15) is 40.7 Å². The molecule has 31 heavy (non-hydrogen) atoms. The van der Waals surface area contributed by atoms with Gasteiger partial charge in [-0.25, -0.2) is 14.4 Å².